The molecule has 0 radical (unpaired) electrons. The largest absolute Gasteiger partial charge is 0.352 e. The summed E-state index contributed by atoms with van der Waals surface area (Å²) in [6, 6.07) is 5.74. The summed E-state index contributed by atoms with van der Waals surface area (Å²) in [5, 5.41) is 5.88. The zero-order chi connectivity index (χ0) is 13.0. The van der Waals surface area contributed by atoms with Gasteiger partial charge in [0.15, 0.2) is 0 Å². The molecule has 0 bridgehead atoms. The monoisotopic (exact) mass is 324 g/mol. The first kappa shape index (κ1) is 13.2. The number of nitrogens with zero attached hydrogens (tertiary/aromatic N) is 1. The van der Waals surface area contributed by atoms with Gasteiger partial charge < -0.3 is 5.32 Å². The molecule has 0 unspecified atom stereocenters. The maximum absolute atomic E-state index is 12.0. The van der Waals surface area contributed by atoms with E-state index in [1.54, 1.807) is 17.5 Å². The lowest BCUT2D eigenvalue weighted by Crippen LogP contribution is -2.26. The minimum absolute atomic E-state index is 0.0536. The quantitative estimate of drug-likeness (QED) is 0.938. The van der Waals surface area contributed by atoms with Crippen molar-refractivity contribution < 1.29 is 4.79 Å². The Morgan fingerprint density at radius 2 is 2.33 bits per heavy atom. The number of rotatable bonds is 4. The van der Waals surface area contributed by atoms with Crippen molar-refractivity contribution in [3.8, 4) is 0 Å². The van der Waals surface area contributed by atoms with Gasteiger partial charge in [-0.2, -0.15) is 0 Å². The molecule has 1 aromatic carbocycles. The lowest BCUT2D eigenvalue weighted by atomic mass is 10.1. The Morgan fingerprint density at radius 1 is 1.50 bits per heavy atom. The third-order valence-electron chi connectivity index (χ3n) is 2.47. The van der Waals surface area contributed by atoms with Crippen LogP contribution in [0.1, 0.15) is 20.9 Å². The van der Waals surface area contributed by atoms with E-state index in [1.165, 1.54) is 0 Å². The normalized spacial score (nSPS) is 10.3. The molecule has 0 aliphatic carbocycles. The fraction of sp³-hybridized carbons (Fsp3) is 0.231. The first-order chi connectivity index (χ1) is 8.66. The van der Waals surface area contributed by atoms with Gasteiger partial charge in [0.1, 0.15) is 0 Å². The van der Waals surface area contributed by atoms with E-state index in [1.807, 2.05) is 30.5 Å². The highest BCUT2D eigenvalue weighted by atomic mass is 79.9. The van der Waals surface area contributed by atoms with E-state index in [-0.39, 0.29) is 5.91 Å². The summed E-state index contributed by atoms with van der Waals surface area (Å²) in [6.07, 6.45) is 2.55. The second-order valence-electron chi connectivity index (χ2n) is 3.92. The molecule has 0 atom stereocenters. The van der Waals surface area contributed by atoms with Crippen molar-refractivity contribution in [3.05, 3.63) is 50.4 Å². The summed E-state index contributed by atoms with van der Waals surface area (Å²) in [5.74, 6) is -0.0536. The maximum Gasteiger partial charge on any atom is 0.252 e. The summed E-state index contributed by atoms with van der Waals surface area (Å²) in [5.41, 5.74) is 1.75. The van der Waals surface area contributed by atoms with Crippen LogP contribution in [0.3, 0.4) is 0 Å². The Labute approximate surface area is 118 Å². The molecule has 0 saturated heterocycles. The Hall–Kier alpha value is -1.20. The SMILES string of the molecule is Cc1ccc(Br)c(C(=O)NCCc2nccs2)c1. The topological polar surface area (TPSA) is 42.0 Å². The summed E-state index contributed by atoms with van der Waals surface area (Å²) in [4.78, 5) is 16.2. The Bertz CT molecular complexity index is 540. The second kappa shape index (κ2) is 6.11. The molecule has 0 fully saturated rings. The van der Waals surface area contributed by atoms with E-state index < -0.39 is 0 Å². The van der Waals surface area contributed by atoms with Crippen LogP contribution in [0.15, 0.2) is 34.2 Å². The van der Waals surface area contributed by atoms with Crippen molar-refractivity contribution in [3.63, 3.8) is 0 Å². The molecule has 1 N–H and O–H groups in total. The first-order valence-corrected chi connectivity index (χ1v) is 7.27. The third-order valence-corrected chi connectivity index (χ3v) is 4.01. The van der Waals surface area contributed by atoms with Gasteiger partial charge in [0.05, 0.1) is 10.6 Å². The average molecular weight is 325 g/mol. The molecule has 1 amide bonds. The number of carbonyl (C=O) groups is 1. The van der Waals surface area contributed by atoms with Crippen molar-refractivity contribution in [2.24, 2.45) is 0 Å². The smallest absolute Gasteiger partial charge is 0.252 e. The number of carbonyl (C=O) groups excluding carboxylic acids is 1. The molecule has 1 heterocycles. The summed E-state index contributed by atoms with van der Waals surface area (Å²) < 4.78 is 0.819. The molecule has 0 aliphatic heterocycles. The molecule has 0 spiro atoms. The number of hydrogen-bond donors (Lipinski definition) is 1. The fourth-order valence-corrected chi connectivity index (χ4v) is 2.61. The van der Waals surface area contributed by atoms with Gasteiger partial charge in [0.2, 0.25) is 0 Å². The Balaban J connectivity index is 1.93. The molecule has 0 aliphatic rings. The van der Waals surface area contributed by atoms with E-state index in [2.05, 4.69) is 26.2 Å². The van der Waals surface area contributed by atoms with E-state index >= 15 is 0 Å². The predicted molar refractivity (Wildman–Crippen MR) is 77.0 cm³/mol. The van der Waals surface area contributed by atoms with Crippen molar-refractivity contribution >= 4 is 33.2 Å². The average Bonchev–Trinajstić information content (AvgIpc) is 2.85. The number of hydrogen-bond acceptors (Lipinski definition) is 3. The predicted octanol–water partition coefficient (Wildman–Crippen LogP) is 3.19. The molecule has 2 rings (SSSR count). The number of benzene rings is 1. The number of nitrogens with one attached hydrogen (secondary N) is 1. The van der Waals surface area contributed by atoms with Crippen LogP contribution in [0.4, 0.5) is 0 Å². The molecular weight excluding hydrogens is 312 g/mol. The number of amides is 1. The Kier molecular flexibility index (Phi) is 4.49. The number of aryl methyl sites for hydroxylation is 1. The van der Waals surface area contributed by atoms with Crippen LogP contribution in [0.2, 0.25) is 0 Å². The van der Waals surface area contributed by atoms with Gasteiger partial charge in [-0.15, -0.1) is 11.3 Å². The highest BCUT2D eigenvalue weighted by molar-refractivity contribution is 9.10. The Morgan fingerprint density at radius 3 is 3.06 bits per heavy atom. The minimum Gasteiger partial charge on any atom is -0.352 e. The van der Waals surface area contributed by atoms with Crippen molar-refractivity contribution in [2.45, 2.75) is 13.3 Å². The summed E-state index contributed by atoms with van der Waals surface area (Å²) in [7, 11) is 0. The van der Waals surface area contributed by atoms with Crippen molar-refractivity contribution in [1.29, 1.82) is 0 Å². The number of aromatic nitrogens is 1. The first-order valence-electron chi connectivity index (χ1n) is 5.59. The minimum atomic E-state index is -0.0536. The summed E-state index contributed by atoms with van der Waals surface area (Å²) >= 11 is 4.99. The number of thiazole rings is 1. The van der Waals surface area contributed by atoms with E-state index in [4.69, 9.17) is 0 Å². The molecule has 0 saturated carbocycles. The van der Waals surface area contributed by atoms with E-state index in [0.29, 0.717) is 12.1 Å². The second-order valence-corrected chi connectivity index (χ2v) is 5.75. The van der Waals surface area contributed by atoms with Crippen LogP contribution in [0.5, 0.6) is 0 Å². The standard InChI is InChI=1S/C13H13BrN2OS/c1-9-2-3-11(14)10(8-9)13(17)16-5-4-12-15-6-7-18-12/h2-3,6-8H,4-5H2,1H3,(H,16,17). The van der Waals surface area contributed by atoms with Crippen molar-refractivity contribution in [2.75, 3.05) is 6.54 Å². The van der Waals surface area contributed by atoms with Crippen LogP contribution in [0, 0.1) is 6.92 Å². The molecule has 2 aromatic rings. The van der Waals surface area contributed by atoms with Gasteiger partial charge in [-0.05, 0) is 35.0 Å². The van der Waals surface area contributed by atoms with Gasteiger partial charge in [-0.1, -0.05) is 11.6 Å². The zero-order valence-electron chi connectivity index (χ0n) is 9.94. The van der Waals surface area contributed by atoms with Gasteiger partial charge in [0.25, 0.3) is 5.91 Å². The zero-order valence-corrected chi connectivity index (χ0v) is 12.3. The summed E-state index contributed by atoms with van der Waals surface area (Å²) in [6.45, 7) is 2.57. The van der Waals surface area contributed by atoms with Gasteiger partial charge in [-0.25, -0.2) is 4.98 Å². The molecule has 18 heavy (non-hydrogen) atoms. The lowest BCUT2D eigenvalue weighted by molar-refractivity contribution is 0.0953. The van der Waals surface area contributed by atoms with E-state index in [9.17, 15) is 4.79 Å². The highest BCUT2D eigenvalue weighted by Gasteiger charge is 2.09. The fourth-order valence-electron chi connectivity index (χ4n) is 1.57. The van der Waals surface area contributed by atoms with Crippen LogP contribution in [-0.4, -0.2) is 17.4 Å². The van der Waals surface area contributed by atoms with Gasteiger partial charge in [0, 0.05) is 29.0 Å². The van der Waals surface area contributed by atoms with Crippen molar-refractivity contribution in [1.82, 2.24) is 10.3 Å². The maximum atomic E-state index is 12.0. The van der Waals surface area contributed by atoms with Crippen LogP contribution in [-0.2, 0) is 6.42 Å². The molecular formula is C13H13BrN2OS. The molecule has 94 valence electrons. The van der Waals surface area contributed by atoms with Crippen LogP contribution < -0.4 is 5.32 Å². The number of halogens is 1. The molecule has 5 heteroatoms. The van der Waals surface area contributed by atoms with Crippen LogP contribution >= 0.6 is 27.3 Å². The van der Waals surface area contributed by atoms with Gasteiger partial charge in [-0.3, -0.25) is 4.79 Å². The highest BCUT2D eigenvalue weighted by Crippen LogP contribution is 2.17. The molecule has 3 nitrogen and oxygen atoms in total. The lowest BCUT2D eigenvalue weighted by Gasteiger charge is -2.07. The molecule has 1 aromatic heterocycles. The van der Waals surface area contributed by atoms with Crippen LogP contribution in [0.25, 0.3) is 0 Å². The van der Waals surface area contributed by atoms with E-state index in [0.717, 1.165) is 21.5 Å². The van der Waals surface area contributed by atoms with Gasteiger partial charge >= 0.3 is 0 Å². The third kappa shape index (κ3) is 3.40.